The summed E-state index contributed by atoms with van der Waals surface area (Å²) in [5.74, 6) is 0. The summed E-state index contributed by atoms with van der Waals surface area (Å²) < 4.78 is 1.78. The van der Waals surface area contributed by atoms with Gasteiger partial charge in [-0.15, -0.1) is 5.10 Å². The highest BCUT2D eigenvalue weighted by molar-refractivity contribution is 5.83. The Morgan fingerprint density at radius 3 is 3.00 bits per heavy atom. The largest absolute Gasteiger partial charge is 0.361 e. The van der Waals surface area contributed by atoms with Gasteiger partial charge in [0.25, 0.3) is 0 Å². The predicted molar refractivity (Wildman–Crippen MR) is 71.5 cm³/mol. The van der Waals surface area contributed by atoms with Crippen molar-refractivity contribution in [1.29, 1.82) is 5.26 Å². The average molecular weight is 251 g/mol. The fourth-order valence-electron chi connectivity index (χ4n) is 2.31. The summed E-state index contributed by atoms with van der Waals surface area (Å²) in [5, 5.41) is 18.2. The van der Waals surface area contributed by atoms with E-state index in [9.17, 15) is 0 Å². The first kappa shape index (κ1) is 11.5. The van der Waals surface area contributed by atoms with Crippen LogP contribution in [0.15, 0.2) is 30.5 Å². The van der Waals surface area contributed by atoms with Crippen LogP contribution in [-0.2, 0) is 13.0 Å². The zero-order valence-electron chi connectivity index (χ0n) is 10.6. The topological polar surface area (TPSA) is 70.3 Å². The molecule has 0 bridgehead atoms. The van der Waals surface area contributed by atoms with Crippen LogP contribution in [0.2, 0.25) is 0 Å². The van der Waals surface area contributed by atoms with Crippen molar-refractivity contribution in [2.45, 2.75) is 19.9 Å². The van der Waals surface area contributed by atoms with Crippen LogP contribution in [0.1, 0.15) is 23.9 Å². The van der Waals surface area contributed by atoms with Gasteiger partial charge in [-0.05, 0) is 18.6 Å². The number of hydrogen-bond acceptors (Lipinski definition) is 3. The summed E-state index contributed by atoms with van der Waals surface area (Å²) in [6, 6.07) is 10.2. The fourth-order valence-corrected chi connectivity index (χ4v) is 2.31. The van der Waals surface area contributed by atoms with Crippen LogP contribution in [0, 0.1) is 11.3 Å². The number of aryl methyl sites for hydroxylation is 1. The third-order valence-corrected chi connectivity index (χ3v) is 3.28. The molecule has 0 unspecified atom stereocenters. The number of aromatic amines is 1. The summed E-state index contributed by atoms with van der Waals surface area (Å²) in [5.41, 5.74) is 3.54. The number of nitrogens with zero attached hydrogens (tertiary/aromatic N) is 4. The lowest BCUT2D eigenvalue weighted by Crippen LogP contribution is -2.04. The number of benzene rings is 1. The van der Waals surface area contributed by atoms with Crippen molar-refractivity contribution in [3.63, 3.8) is 0 Å². The standard InChI is InChI=1S/C14H13N5/c1-2-19-14(13(8-15)17-18-19)7-10-9-16-12-6-4-3-5-11(10)12/h3-6,9,16H,2,7H2,1H3. The van der Waals surface area contributed by atoms with E-state index in [1.165, 1.54) is 5.39 Å². The van der Waals surface area contributed by atoms with Gasteiger partial charge in [0, 0.05) is 30.1 Å². The number of fused-ring (bicyclic) bond motifs is 1. The quantitative estimate of drug-likeness (QED) is 0.776. The molecule has 0 spiro atoms. The van der Waals surface area contributed by atoms with E-state index in [1.807, 2.05) is 31.3 Å². The minimum atomic E-state index is 0.409. The molecule has 0 saturated heterocycles. The first-order valence-corrected chi connectivity index (χ1v) is 6.21. The van der Waals surface area contributed by atoms with E-state index in [0.717, 1.165) is 16.8 Å². The lowest BCUT2D eigenvalue weighted by Gasteiger charge is -2.03. The Bertz CT molecular complexity index is 760. The molecule has 3 aromatic rings. The second-order valence-corrected chi connectivity index (χ2v) is 4.35. The van der Waals surface area contributed by atoms with Crippen molar-refractivity contribution in [2.24, 2.45) is 0 Å². The number of H-pyrrole nitrogens is 1. The number of aromatic nitrogens is 4. The Hall–Kier alpha value is -2.61. The molecule has 0 amide bonds. The normalized spacial score (nSPS) is 10.7. The predicted octanol–water partition coefficient (Wildman–Crippen LogP) is 2.24. The summed E-state index contributed by atoms with van der Waals surface area (Å²) >= 11 is 0. The molecule has 0 fully saturated rings. The van der Waals surface area contributed by atoms with Gasteiger partial charge < -0.3 is 4.98 Å². The second kappa shape index (κ2) is 4.58. The van der Waals surface area contributed by atoms with Crippen LogP contribution in [0.3, 0.4) is 0 Å². The molecular formula is C14H13N5. The molecule has 0 aliphatic heterocycles. The molecule has 0 radical (unpaired) electrons. The van der Waals surface area contributed by atoms with E-state index in [0.29, 0.717) is 18.7 Å². The van der Waals surface area contributed by atoms with E-state index in [1.54, 1.807) is 4.68 Å². The van der Waals surface area contributed by atoms with Crippen LogP contribution in [0.25, 0.3) is 10.9 Å². The van der Waals surface area contributed by atoms with E-state index in [4.69, 9.17) is 5.26 Å². The highest BCUT2D eigenvalue weighted by Gasteiger charge is 2.14. The molecule has 3 rings (SSSR count). The third kappa shape index (κ3) is 1.87. The van der Waals surface area contributed by atoms with Crippen molar-refractivity contribution in [2.75, 3.05) is 0 Å². The Morgan fingerprint density at radius 2 is 2.21 bits per heavy atom. The van der Waals surface area contributed by atoms with Crippen LogP contribution in [0.4, 0.5) is 0 Å². The Labute approximate surface area is 110 Å². The third-order valence-electron chi connectivity index (χ3n) is 3.28. The van der Waals surface area contributed by atoms with Crippen molar-refractivity contribution < 1.29 is 0 Å². The molecule has 1 N–H and O–H groups in total. The molecule has 0 aliphatic rings. The maximum absolute atomic E-state index is 9.10. The first-order chi connectivity index (χ1) is 9.33. The Morgan fingerprint density at radius 1 is 1.37 bits per heavy atom. The summed E-state index contributed by atoms with van der Waals surface area (Å²) in [6.07, 6.45) is 2.65. The van der Waals surface area contributed by atoms with E-state index < -0.39 is 0 Å². The van der Waals surface area contributed by atoms with Crippen molar-refractivity contribution in [1.82, 2.24) is 20.0 Å². The summed E-state index contributed by atoms with van der Waals surface area (Å²) in [6.45, 7) is 2.71. The van der Waals surface area contributed by atoms with Gasteiger partial charge in [-0.3, -0.25) is 0 Å². The highest BCUT2D eigenvalue weighted by Crippen LogP contribution is 2.21. The molecule has 19 heavy (non-hydrogen) atoms. The molecular weight excluding hydrogens is 238 g/mol. The van der Waals surface area contributed by atoms with E-state index in [-0.39, 0.29) is 0 Å². The molecule has 0 aliphatic carbocycles. The average Bonchev–Trinajstić information content (AvgIpc) is 3.03. The van der Waals surface area contributed by atoms with Crippen molar-refractivity contribution in [3.8, 4) is 6.07 Å². The molecule has 2 aromatic heterocycles. The Kier molecular flexibility index (Phi) is 2.76. The minimum Gasteiger partial charge on any atom is -0.361 e. The van der Waals surface area contributed by atoms with Crippen LogP contribution in [-0.4, -0.2) is 20.0 Å². The zero-order chi connectivity index (χ0) is 13.2. The monoisotopic (exact) mass is 251 g/mol. The van der Waals surface area contributed by atoms with Gasteiger partial charge in [0.05, 0.1) is 5.69 Å². The minimum absolute atomic E-state index is 0.409. The van der Waals surface area contributed by atoms with Gasteiger partial charge in [0.2, 0.25) is 0 Å². The fraction of sp³-hybridized carbons (Fsp3) is 0.214. The first-order valence-electron chi connectivity index (χ1n) is 6.21. The molecule has 5 nitrogen and oxygen atoms in total. The molecule has 0 saturated carbocycles. The van der Waals surface area contributed by atoms with E-state index in [2.05, 4.69) is 27.4 Å². The zero-order valence-corrected chi connectivity index (χ0v) is 10.6. The van der Waals surface area contributed by atoms with Crippen molar-refractivity contribution in [3.05, 3.63) is 47.4 Å². The number of nitrogens with one attached hydrogen (secondary N) is 1. The van der Waals surface area contributed by atoms with Gasteiger partial charge >= 0.3 is 0 Å². The summed E-state index contributed by atoms with van der Waals surface area (Å²) in [4.78, 5) is 3.24. The maximum Gasteiger partial charge on any atom is 0.186 e. The van der Waals surface area contributed by atoms with Crippen LogP contribution >= 0.6 is 0 Å². The van der Waals surface area contributed by atoms with Gasteiger partial charge in [-0.2, -0.15) is 5.26 Å². The number of hydrogen-bond donors (Lipinski definition) is 1. The number of nitriles is 1. The van der Waals surface area contributed by atoms with E-state index >= 15 is 0 Å². The second-order valence-electron chi connectivity index (χ2n) is 4.35. The molecule has 5 heteroatoms. The van der Waals surface area contributed by atoms with Gasteiger partial charge in [0.15, 0.2) is 5.69 Å². The van der Waals surface area contributed by atoms with Crippen molar-refractivity contribution >= 4 is 10.9 Å². The van der Waals surface area contributed by atoms with Crippen LogP contribution in [0.5, 0.6) is 0 Å². The lowest BCUT2D eigenvalue weighted by molar-refractivity contribution is 0.604. The summed E-state index contributed by atoms with van der Waals surface area (Å²) in [7, 11) is 0. The smallest absolute Gasteiger partial charge is 0.186 e. The van der Waals surface area contributed by atoms with Gasteiger partial charge in [-0.25, -0.2) is 4.68 Å². The maximum atomic E-state index is 9.10. The Balaban J connectivity index is 2.06. The SMILES string of the molecule is CCn1nnc(C#N)c1Cc1c[nH]c2ccccc12. The number of rotatable bonds is 3. The highest BCUT2D eigenvalue weighted by atomic mass is 15.4. The van der Waals surface area contributed by atoms with Crippen LogP contribution < -0.4 is 0 Å². The molecule has 0 atom stereocenters. The van der Waals surface area contributed by atoms with Gasteiger partial charge in [-0.1, -0.05) is 23.4 Å². The number of para-hydroxylation sites is 1. The molecule has 94 valence electrons. The molecule has 1 aromatic carbocycles. The van der Waals surface area contributed by atoms with Gasteiger partial charge in [0.1, 0.15) is 6.07 Å². The lowest BCUT2D eigenvalue weighted by atomic mass is 10.1. The molecule has 2 heterocycles.